The zero-order valence-electron chi connectivity index (χ0n) is 9.60. The van der Waals surface area contributed by atoms with Crippen LogP contribution in [0.15, 0.2) is 60.7 Å². The van der Waals surface area contributed by atoms with Gasteiger partial charge in [-0.1, -0.05) is 48.5 Å². The molecule has 0 atom stereocenters. The number of fused-ring (bicyclic) bond motifs is 1. The van der Waals surface area contributed by atoms with Crippen molar-refractivity contribution in [1.29, 1.82) is 0 Å². The average molecular weight is 222 g/mol. The number of aryl methyl sites for hydroxylation is 1. The van der Waals surface area contributed by atoms with Gasteiger partial charge >= 0.3 is 0 Å². The van der Waals surface area contributed by atoms with Gasteiger partial charge in [-0.25, -0.2) is 0 Å². The second-order valence-corrected chi connectivity index (χ2v) is 4.18. The number of benzene rings is 2. The van der Waals surface area contributed by atoms with Crippen molar-refractivity contribution in [2.75, 3.05) is 0 Å². The van der Waals surface area contributed by atoms with Gasteiger partial charge in [0.25, 0.3) is 0 Å². The van der Waals surface area contributed by atoms with Gasteiger partial charge in [-0.05, 0) is 30.5 Å². The third-order valence-corrected chi connectivity index (χ3v) is 2.99. The van der Waals surface area contributed by atoms with E-state index in [2.05, 4.69) is 30.3 Å². The van der Waals surface area contributed by atoms with Crippen LogP contribution in [0.25, 0.3) is 5.76 Å². The van der Waals surface area contributed by atoms with Gasteiger partial charge in [0, 0.05) is 5.56 Å². The van der Waals surface area contributed by atoms with E-state index in [-0.39, 0.29) is 0 Å². The summed E-state index contributed by atoms with van der Waals surface area (Å²) in [7, 11) is 0. The minimum absolute atomic E-state index is 0.968. The van der Waals surface area contributed by atoms with Crippen LogP contribution in [-0.2, 0) is 6.42 Å². The van der Waals surface area contributed by atoms with E-state index in [1.54, 1.807) is 0 Å². The highest BCUT2D eigenvalue weighted by atomic mass is 16.5. The summed E-state index contributed by atoms with van der Waals surface area (Å²) in [6.07, 6.45) is 4.25. The fourth-order valence-electron chi connectivity index (χ4n) is 2.11. The summed E-state index contributed by atoms with van der Waals surface area (Å²) < 4.78 is 6.00. The zero-order chi connectivity index (χ0) is 11.5. The molecule has 0 spiro atoms. The Kier molecular flexibility index (Phi) is 2.66. The van der Waals surface area contributed by atoms with Gasteiger partial charge in [0.1, 0.15) is 11.5 Å². The first-order valence-corrected chi connectivity index (χ1v) is 5.95. The molecule has 3 rings (SSSR count). The molecular weight excluding hydrogens is 208 g/mol. The van der Waals surface area contributed by atoms with E-state index in [1.807, 2.05) is 30.3 Å². The van der Waals surface area contributed by atoms with Crippen LogP contribution in [0.2, 0.25) is 0 Å². The Morgan fingerprint density at radius 3 is 2.47 bits per heavy atom. The van der Waals surface area contributed by atoms with Crippen LogP contribution in [0.1, 0.15) is 17.5 Å². The molecule has 1 aliphatic heterocycles. The monoisotopic (exact) mass is 222 g/mol. The zero-order valence-corrected chi connectivity index (χ0v) is 9.60. The van der Waals surface area contributed by atoms with Crippen molar-refractivity contribution < 1.29 is 4.74 Å². The van der Waals surface area contributed by atoms with E-state index in [9.17, 15) is 0 Å². The molecule has 1 nitrogen and oxygen atoms in total. The Bertz CT molecular complexity index is 540. The fraction of sp³-hybridized carbons (Fsp3) is 0.125. The lowest BCUT2D eigenvalue weighted by molar-refractivity contribution is 0.512. The van der Waals surface area contributed by atoms with Crippen LogP contribution >= 0.6 is 0 Å². The van der Waals surface area contributed by atoms with Crippen LogP contribution in [0.3, 0.4) is 0 Å². The summed E-state index contributed by atoms with van der Waals surface area (Å²) in [6.45, 7) is 0. The first-order chi connectivity index (χ1) is 8.43. The maximum absolute atomic E-state index is 6.00. The highest BCUT2D eigenvalue weighted by molar-refractivity contribution is 5.63. The summed E-state index contributed by atoms with van der Waals surface area (Å²) in [5.41, 5.74) is 2.43. The Morgan fingerprint density at radius 1 is 0.824 bits per heavy atom. The number of rotatable bonds is 1. The van der Waals surface area contributed by atoms with E-state index in [0.29, 0.717) is 0 Å². The van der Waals surface area contributed by atoms with E-state index < -0.39 is 0 Å². The molecule has 0 aliphatic carbocycles. The number of hydrogen-bond acceptors (Lipinski definition) is 1. The second kappa shape index (κ2) is 4.46. The quantitative estimate of drug-likeness (QED) is 0.707. The second-order valence-electron chi connectivity index (χ2n) is 4.18. The average Bonchev–Trinajstić information content (AvgIpc) is 2.62. The highest BCUT2D eigenvalue weighted by Gasteiger charge is 2.11. The van der Waals surface area contributed by atoms with Crippen LogP contribution < -0.4 is 4.74 Å². The minimum atomic E-state index is 0.968. The molecule has 0 N–H and O–H groups in total. The molecule has 2 aromatic rings. The smallest absolute Gasteiger partial charge is 0.130 e. The summed E-state index contributed by atoms with van der Waals surface area (Å²) >= 11 is 0. The van der Waals surface area contributed by atoms with Gasteiger partial charge in [0.2, 0.25) is 0 Å². The number of para-hydroxylation sites is 1. The molecule has 0 saturated carbocycles. The summed E-state index contributed by atoms with van der Waals surface area (Å²) in [4.78, 5) is 0. The SMILES string of the molecule is C1=C(c2ccccc2)Oc2ccccc2CC1. The molecule has 1 heterocycles. The number of allylic oxidation sites excluding steroid dienone is 1. The van der Waals surface area contributed by atoms with Crippen molar-refractivity contribution in [2.24, 2.45) is 0 Å². The van der Waals surface area contributed by atoms with Gasteiger partial charge in [-0.3, -0.25) is 0 Å². The molecule has 0 amide bonds. The third kappa shape index (κ3) is 2.09. The van der Waals surface area contributed by atoms with Crippen LogP contribution in [0.4, 0.5) is 0 Å². The first kappa shape index (κ1) is 10.2. The molecular formula is C16H14O. The normalized spacial score (nSPS) is 14.2. The van der Waals surface area contributed by atoms with Gasteiger partial charge in [0.05, 0.1) is 0 Å². The fourth-order valence-corrected chi connectivity index (χ4v) is 2.11. The molecule has 0 saturated heterocycles. The van der Waals surface area contributed by atoms with Gasteiger partial charge in [-0.15, -0.1) is 0 Å². The molecule has 0 radical (unpaired) electrons. The van der Waals surface area contributed by atoms with Crippen molar-refractivity contribution in [3.05, 3.63) is 71.8 Å². The lowest BCUT2D eigenvalue weighted by Gasteiger charge is -2.10. The van der Waals surface area contributed by atoms with Gasteiger partial charge in [0.15, 0.2) is 0 Å². The third-order valence-electron chi connectivity index (χ3n) is 2.99. The van der Waals surface area contributed by atoms with Gasteiger partial charge < -0.3 is 4.74 Å². The summed E-state index contributed by atoms with van der Waals surface area (Å²) in [5, 5.41) is 0. The predicted octanol–water partition coefficient (Wildman–Crippen LogP) is 4.05. The molecule has 17 heavy (non-hydrogen) atoms. The van der Waals surface area contributed by atoms with Crippen molar-refractivity contribution in [3.8, 4) is 5.75 Å². The van der Waals surface area contributed by atoms with Crippen molar-refractivity contribution in [2.45, 2.75) is 12.8 Å². The van der Waals surface area contributed by atoms with Crippen LogP contribution in [0, 0.1) is 0 Å². The standard InChI is InChI=1S/C16H14O/c1-2-7-13(8-3-1)16-12-6-10-14-9-4-5-11-15(14)17-16/h1-5,7-9,11-12H,6,10H2. The molecule has 0 unspecified atom stereocenters. The van der Waals surface area contributed by atoms with Crippen molar-refractivity contribution in [3.63, 3.8) is 0 Å². The maximum Gasteiger partial charge on any atom is 0.130 e. The van der Waals surface area contributed by atoms with Crippen molar-refractivity contribution >= 4 is 5.76 Å². The van der Waals surface area contributed by atoms with Crippen LogP contribution in [0.5, 0.6) is 5.75 Å². The Balaban J connectivity index is 1.97. The largest absolute Gasteiger partial charge is 0.457 e. The Hall–Kier alpha value is -2.02. The van der Waals surface area contributed by atoms with E-state index in [0.717, 1.165) is 29.9 Å². The molecule has 84 valence electrons. The molecule has 0 bridgehead atoms. The minimum Gasteiger partial charge on any atom is -0.457 e. The molecule has 0 aromatic heterocycles. The molecule has 2 aromatic carbocycles. The predicted molar refractivity (Wildman–Crippen MR) is 69.8 cm³/mol. The number of hydrogen-bond donors (Lipinski definition) is 0. The lowest BCUT2D eigenvalue weighted by Crippen LogP contribution is -1.94. The maximum atomic E-state index is 6.00. The topological polar surface area (TPSA) is 9.23 Å². The Morgan fingerprint density at radius 2 is 1.59 bits per heavy atom. The molecule has 1 heteroatoms. The first-order valence-electron chi connectivity index (χ1n) is 5.95. The van der Waals surface area contributed by atoms with E-state index >= 15 is 0 Å². The number of ether oxygens (including phenoxy) is 1. The van der Waals surface area contributed by atoms with E-state index in [1.165, 1.54) is 5.56 Å². The van der Waals surface area contributed by atoms with Crippen LogP contribution in [-0.4, -0.2) is 0 Å². The van der Waals surface area contributed by atoms with E-state index in [4.69, 9.17) is 4.74 Å². The molecule has 1 aliphatic rings. The summed E-state index contributed by atoms with van der Waals surface area (Å²) in [5.74, 6) is 1.95. The van der Waals surface area contributed by atoms with Crippen molar-refractivity contribution in [1.82, 2.24) is 0 Å². The Labute approximate surface area is 101 Å². The molecule has 0 fully saturated rings. The summed E-state index contributed by atoms with van der Waals surface area (Å²) in [6, 6.07) is 18.5. The highest BCUT2D eigenvalue weighted by Crippen LogP contribution is 2.29. The van der Waals surface area contributed by atoms with Gasteiger partial charge in [-0.2, -0.15) is 0 Å². The lowest BCUT2D eigenvalue weighted by atomic mass is 10.1.